The van der Waals surface area contributed by atoms with Crippen molar-refractivity contribution in [2.75, 3.05) is 42.9 Å². The normalized spacial score (nSPS) is 14.7. The first-order valence-corrected chi connectivity index (χ1v) is 9.93. The summed E-state index contributed by atoms with van der Waals surface area (Å²) in [6.45, 7) is 5.03. The van der Waals surface area contributed by atoms with E-state index in [0.29, 0.717) is 17.3 Å². The first-order valence-electron chi connectivity index (χ1n) is 9.93. The van der Waals surface area contributed by atoms with Crippen LogP contribution in [0, 0.1) is 6.92 Å². The molecule has 9 heteroatoms. The van der Waals surface area contributed by atoms with Crippen LogP contribution in [-0.2, 0) is 11.8 Å². The Balaban J connectivity index is 1.40. The Morgan fingerprint density at radius 3 is 2.37 bits per heavy atom. The van der Waals surface area contributed by atoms with Crippen LogP contribution in [0.15, 0.2) is 53.6 Å². The molecule has 4 rings (SSSR count). The predicted octanol–water partition coefficient (Wildman–Crippen LogP) is 1.04. The van der Waals surface area contributed by atoms with Crippen LogP contribution in [0.25, 0.3) is 5.69 Å². The first kappa shape index (κ1) is 19.8. The summed E-state index contributed by atoms with van der Waals surface area (Å²) < 4.78 is 3.31. The number of nitrogens with zero attached hydrogens (tertiary/aromatic N) is 6. The molecule has 1 fully saturated rings. The van der Waals surface area contributed by atoms with E-state index < -0.39 is 0 Å². The molecule has 0 radical (unpaired) electrons. The van der Waals surface area contributed by atoms with E-state index in [1.807, 2.05) is 44.3 Å². The van der Waals surface area contributed by atoms with Gasteiger partial charge in [-0.05, 0) is 25.1 Å². The van der Waals surface area contributed by atoms with Crippen LogP contribution in [0.4, 0.5) is 11.6 Å². The van der Waals surface area contributed by atoms with Crippen molar-refractivity contribution in [3.8, 4) is 5.69 Å². The number of benzene rings is 1. The lowest BCUT2D eigenvalue weighted by Gasteiger charge is -2.34. The zero-order chi connectivity index (χ0) is 21.1. The van der Waals surface area contributed by atoms with Crippen molar-refractivity contribution in [2.24, 2.45) is 7.05 Å². The van der Waals surface area contributed by atoms with Gasteiger partial charge in [-0.3, -0.25) is 19.2 Å². The van der Waals surface area contributed by atoms with Gasteiger partial charge in [-0.15, -0.1) is 0 Å². The number of carbonyl (C=O) groups is 1. The standard InChI is InChI=1S/C21H25N7O2/c1-16-19(20(30)28(25(16)2)17-7-4-3-5-8-17)24-18(29)15-26-11-13-27(14-12-26)21-22-9-6-10-23-21/h3-10H,11-15H2,1-2H3,(H,24,29). The van der Waals surface area contributed by atoms with Crippen molar-refractivity contribution in [3.05, 3.63) is 64.8 Å². The smallest absolute Gasteiger partial charge is 0.295 e. The van der Waals surface area contributed by atoms with Crippen LogP contribution in [0.2, 0.25) is 0 Å². The molecule has 2 aromatic heterocycles. The zero-order valence-electron chi connectivity index (χ0n) is 17.2. The fourth-order valence-electron chi connectivity index (χ4n) is 3.65. The molecule has 9 nitrogen and oxygen atoms in total. The monoisotopic (exact) mass is 407 g/mol. The van der Waals surface area contributed by atoms with Crippen molar-refractivity contribution < 1.29 is 4.79 Å². The van der Waals surface area contributed by atoms with E-state index in [0.717, 1.165) is 31.9 Å². The van der Waals surface area contributed by atoms with E-state index in [1.54, 1.807) is 27.8 Å². The Morgan fingerprint density at radius 1 is 1.03 bits per heavy atom. The molecule has 0 atom stereocenters. The summed E-state index contributed by atoms with van der Waals surface area (Å²) in [5, 5.41) is 2.83. The molecule has 3 aromatic rings. The van der Waals surface area contributed by atoms with Crippen LogP contribution in [-0.4, -0.2) is 62.9 Å². The van der Waals surface area contributed by atoms with Crippen molar-refractivity contribution in [2.45, 2.75) is 6.92 Å². The average Bonchev–Trinajstić information content (AvgIpc) is 2.98. The molecule has 1 aromatic carbocycles. The van der Waals surface area contributed by atoms with Crippen molar-refractivity contribution in [1.29, 1.82) is 0 Å². The number of para-hydroxylation sites is 1. The molecule has 1 amide bonds. The summed E-state index contributed by atoms with van der Waals surface area (Å²) in [7, 11) is 1.81. The first-order chi connectivity index (χ1) is 14.5. The minimum absolute atomic E-state index is 0.189. The van der Waals surface area contributed by atoms with Gasteiger partial charge in [-0.25, -0.2) is 14.6 Å². The number of hydrogen-bond acceptors (Lipinski definition) is 6. The van der Waals surface area contributed by atoms with E-state index in [1.165, 1.54) is 0 Å². The van der Waals surface area contributed by atoms with Gasteiger partial charge in [0.1, 0.15) is 5.69 Å². The van der Waals surface area contributed by atoms with Gasteiger partial charge in [0, 0.05) is 45.6 Å². The highest BCUT2D eigenvalue weighted by Gasteiger charge is 2.22. The molecule has 156 valence electrons. The second kappa shape index (κ2) is 8.50. The highest BCUT2D eigenvalue weighted by molar-refractivity contribution is 5.92. The third-order valence-electron chi connectivity index (χ3n) is 5.39. The van der Waals surface area contributed by atoms with E-state index in [9.17, 15) is 9.59 Å². The molecule has 0 spiro atoms. The number of carbonyl (C=O) groups excluding carboxylic acids is 1. The molecule has 0 aliphatic carbocycles. The number of piperazine rings is 1. The quantitative estimate of drug-likeness (QED) is 0.680. The summed E-state index contributed by atoms with van der Waals surface area (Å²) in [5.41, 5.74) is 1.55. The molecule has 1 N–H and O–H groups in total. The number of rotatable bonds is 5. The van der Waals surface area contributed by atoms with E-state index >= 15 is 0 Å². The van der Waals surface area contributed by atoms with Gasteiger partial charge >= 0.3 is 0 Å². The van der Waals surface area contributed by atoms with Crippen molar-refractivity contribution in [1.82, 2.24) is 24.2 Å². The highest BCUT2D eigenvalue weighted by atomic mass is 16.2. The molecule has 0 saturated carbocycles. The Labute approximate surface area is 174 Å². The SMILES string of the molecule is Cc1c(NC(=O)CN2CCN(c3ncccn3)CC2)c(=O)n(-c2ccccc2)n1C. The van der Waals surface area contributed by atoms with Gasteiger partial charge < -0.3 is 10.2 Å². The van der Waals surface area contributed by atoms with Gasteiger partial charge in [0.15, 0.2) is 0 Å². The molecule has 1 aliphatic heterocycles. The van der Waals surface area contributed by atoms with Crippen LogP contribution in [0.1, 0.15) is 5.69 Å². The number of nitrogens with one attached hydrogen (secondary N) is 1. The van der Waals surface area contributed by atoms with Gasteiger partial charge in [0.05, 0.1) is 17.9 Å². The summed E-state index contributed by atoms with van der Waals surface area (Å²) in [6.07, 6.45) is 3.46. The number of amides is 1. The van der Waals surface area contributed by atoms with E-state index in [-0.39, 0.29) is 18.0 Å². The van der Waals surface area contributed by atoms with Crippen LogP contribution in [0.5, 0.6) is 0 Å². The summed E-state index contributed by atoms with van der Waals surface area (Å²) in [6, 6.07) is 11.2. The summed E-state index contributed by atoms with van der Waals surface area (Å²) >= 11 is 0. The molecule has 1 saturated heterocycles. The molecule has 0 unspecified atom stereocenters. The Hall–Kier alpha value is -3.46. The third-order valence-corrected chi connectivity index (χ3v) is 5.39. The number of aromatic nitrogens is 4. The lowest BCUT2D eigenvalue weighted by atomic mass is 10.3. The maximum absolute atomic E-state index is 12.9. The molecule has 3 heterocycles. The molecule has 0 bridgehead atoms. The molecular weight excluding hydrogens is 382 g/mol. The van der Waals surface area contributed by atoms with Gasteiger partial charge in [0.25, 0.3) is 5.56 Å². The Morgan fingerprint density at radius 2 is 1.70 bits per heavy atom. The molecule has 1 aliphatic rings. The van der Waals surface area contributed by atoms with E-state index in [4.69, 9.17) is 0 Å². The van der Waals surface area contributed by atoms with Gasteiger partial charge in [-0.1, -0.05) is 18.2 Å². The van der Waals surface area contributed by atoms with Crippen LogP contribution < -0.4 is 15.8 Å². The average molecular weight is 407 g/mol. The maximum Gasteiger partial charge on any atom is 0.295 e. The van der Waals surface area contributed by atoms with Gasteiger partial charge in [-0.2, -0.15) is 0 Å². The number of anilines is 2. The van der Waals surface area contributed by atoms with Crippen LogP contribution in [0.3, 0.4) is 0 Å². The van der Waals surface area contributed by atoms with E-state index in [2.05, 4.69) is 25.1 Å². The van der Waals surface area contributed by atoms with Crippen LogP contribution >= 0.6 is 0 Å². The second-order valence-corrected chi connectivity index (χ2v) is 7.30. The third kappa shape index (κ3) is 3.97. The Kier molecular flexibility index (Phi) is 5.62. The fourth-order valence-corrected chi connectivity index (χ4v) is 3.65. The zero-order valence-corrected chi connectivity index (χ0v) is 17.2. The summed E-state index contributed by atoms with van der Waals surface area (Å²) in [5.74, 6) is 0.522. The number of hydrogen-bond donors (Lipinski definition) is 1. The lowest BCUT2D eigenvalue weighted by Crippen LogP contribution is -2.49. The predicted molar refractivity (Wildman–Crippen MR) is 115 cm³/mol. The Bertz CT molecular complexity index is 1070. The topological polar surface area (TPSA) is 88.3 Å². The highest BCUT2D eigenvalue weighted by Crippen LogP contribution is 2.14. The largest absolute Gasteiger partial charge is 0.338 e. The van der Waals surface area contributed by atoms with Crippen molar-refractivity contribution >= 4 is 17.5 Å². The minimum Gasteiger partial charge on any atom is -0.338 e. The lowest BCUT2D eigenvalue weighted by molar-refractivity contribution is -0.117. The minimum atomic E-state index is -0.236. The fraction of sp³-hybridized carbons (Fsp3) is 0.333. The molecular formula is C21H25N7O2. The molecule has 30 heavy (non-hydrogen) atoms. The van der Waals surface area contributed by atoms with Crippen molar-refractivity contribution in [3.63, 3.8) is 0 Å². The maximum atomic E-state index is 12.9. The second-order valence-electron chi connectivity index (χ2n) is 7.30. The summed E-state index contributed by atoms with van der Waals surface area (Å²) in [4.78, 5) is 38.3. The van der Waals surface area contributed by atoms with Gasteiger partial charge in [0.2, 0.25) is 11.9 Å².